The van der Waals surface area contributed by atoms with Gasteiger partial charge in [-0.3, -0.25) is 24.0 Å². The molecule has 3 saturated heterocycles. The first-order chi connectivity index (χ1) is 31.7. The zero-order valence-corrected chi connectivity index (χ0v) is 47.0. The topological polar surface area (TPSA) is 168 Å². The van der Waals surface area contributed by atoms with E-state index < -0.39 is 110 Å². The van der Waals surface area contributed by atoms with Gasteiger partial charge in [-0.1, -0.05) is 55.4 Å². The maximum Gasteiger partial charge on any atom is 0.314 e. The highest BCUT2D eigenvalue weighted by Gasteiger charge is 2.48. The lowest BCUT2D eigenvalue weighted by atomic mass is 9.61. The van der Waals surface area contributed by atoms with Crippen molar-refractivity contribution in [2.45, 2.75) is 242 Å². The summed E-state index contributed by atoms with van der Waals surface area (Å²) >= 11 is 0. The fourth-order valence-electron chi connectivity index (χ4n) is 13.9. The number of carbonyl (C=O) groups is 5. The van der Waals surface area contributed by atoms with Crippen LogP contribution in [0.15, 0.2) is 6.07 Å². The Kier molecular flexibility index (Phi) is 16.7. The summed E-state index contributed by atoms with van der Waals surface area (Å²) in [7, 11) is 0. The van der Waals surface area contributed by atoms with Gasteiger partial charge in [0.05, 0.1) is 29.6 Å². The Bertz CT molecular complexity index is 2050. The van der Waals surface area contributed by atoms with E-state index in [9.17, 15) is 19.2 Å². The van der Waals surface area contributed by atoms with Crippen LogP contribution in [0.1, 0.15) is 209 Å². The van der Waals surface area contributed by atoms with Gasteiger partial charge in [-0.15, -0.1) is 0 Å². The molecule has 13 nitrogen and oxygen atoms in total. The quantitative estimate of drug-likeness (QED) is 0.119. The first-order valence-corrected chi connectivity index (χ1v) is 26.3. The third kappa shape index (κ3) is 15.7. The lowest BCUT2D eigenvalue weighted by Crippen LogP contribution is -2.59. The van der Waals surface area contributed by atoms with Gasteiger partial charge in [0.1, 0.15) is 0 Å². The van der Waals surface area contributed by atoms with E-state index in [0.717, 1.165) is 6.42 Å². The van der Waals surface area contributed by atoms with Crippen LogP contribution in [0.3, 0.4) is 0 Å². The highest BCUT2D eigenvalue weighted by atomic mass is 16.6. The summed E-state index contributed by atoms with van der Waals surface area (Å²) in [6, 6.07) is 1.31. The molecule has 0 bridgehead atoms. The average Bonchev–Trinajstić information content (AvgIpc) is 3.11. The molecule has 4 fully saturated rings. The number of hydrogen-bond donors (Lipinski definition) is 3. The molecule has 396 valence electrons. The van der Waals surface area contributed by atoms with Gasteiger partial charge in [-0.25, -0.2) is 0 Å². The largest absolute Gasteiger partial charge is 0.422 e. The second-order valence-electron chi connectivity index (χ2n) is 28.5. The van der Waals surface area contributed by atoms with E-state index in [-0.39, 0.29) is 34.2 Å². The van der Waals surface area contributed by atoms with E-state index in [2.05, 4.69) is 43.6 Å². The van der Waals surface area contributed by atoms with Crippen LogP contribution < -0.4 is 39.6 Å². The van der Waals surface area contributed by atoms with E-state index in [0.29, 0.717) is 64.2 Å². The van der Waals surface area contributed by atoms with Crippen LogP contribution in [0.2, 0.25) is 0 Å². The van der Waals surface area contributed by atoms with Crippen LogP contribution >= 0.6 is 0 Å². The third-order valence-corrected chi connectivity index (χ3v) is 14.5. The molecular weight excluding hydrogens is 887 g/mol. The first kappa shape index (κ1) is 57.4. The van der Waals surface area contributed by atoms with E-state index in [1.165, 1.54) is 6.07 Å². The van der Waals surface area contributed by atoms with E-state index >= 15 is 4.79 Å². The molecule has 3 N–H and O–H groups in total. The second-order valence-corrected chi connectivity index (χ2v) is 28.5. The molecule has 0 aromatic heterocycles. The second kappa shape index (κ2) is 20.4. The van der Waals surface area contributed by atoms with Crippen LogP contribution in [0.25, 0.3) is 0 Å². The van der Waals surface area contributed by atoms with Gasteiger partial charge < -0.3 is 39.6 Å². The Balaban J connectivity index is 1.80. The number of benzene rings is 1. The zero-order valence-electron chi connectivity index (χ0n) is 47.0. The molecule has 1 aromatic rings. The minimum atomic E-state index is -0.666. The molecule has 5 rings (SSSR count). The molecule has 1 saturated carbocycles. The molecule has 0 radical (unpaired) electrons. The molecule has 13 heteroatoms. The Labute approximate surface area is 421 Å². The van der Waals surface area contributed by atoms with E-state index in [1.54, 1.807) is 0 Å². The normalized spacial score (nSPS) is 23.9. The number of rotatable bonds is 14. The van der Waals surface area contributed by atoms with Gasteiger partial charge in [-0.05, 0) is 176 Å². The number of carbonyl (C=O) groups excluding carboxylic acids is 5. The van der Waals surface area contributed by atoms with Crippen molar-refractivity contribution in [3.05, 3.63) is 6.07 Å². The Morgan fingerprint density at radius 2 is 0.700 bits per heavy atom. The fraction of sp³-hybridized carbons (Fsp3) is 0.807. The molecule has 0 unspecified atom stereocenters. The Hall–Kier alpha value is -3.55. The molecule has 3 aliphatic heterocycles. The molecule has 4 aliphatic rings. The number of esters is 5. The SMILES string of the molecule is CC(C)CC(CC(C)C)C(=O)Oc1c(OC(=O)C2CC(C)(C)NC(C)(C)C2)cc(OC(=O)C2CC(C)(C)CC(C)(C)C2)c(OC(=O)C2CC(C)(C)NC(C)(C)C2)c1OC(=O)C1CC(C)(C)NC(C)(C)C1. The summed E-state index contributed by atoms with van der Waals surface area (Å²) in [4.78, 5) is 74.2. The first-order valence-electron chi connectivity index (χ1n) is 26.3. The van der Waals surface area contributed by atoms with Gasteiger partial charge in [-0.2, -0.15) is 0 Å². The number of hydrogen-bond acceptors (Lipinski definition) is 13. The summed E-state index contributed by atoms with van der Waals surface area (Å²) < 4.78 is 32.4. The van der Waals surface area contributed by atoms with Crippen LogP contribution in [0, 0.1) is 52.3 Å². The van der Waals surface area contributed by atoms with Crippen molar-refractivity contribution in [2.24, 2.45) is 52.3 Å². The average molecular weight is 980 g/mol. The molecule has 70 heavy (non-hydrogen) atoms. The van der Waals surface area contributed by atoms with Crippen LogP contribution in [0.5, 0.6) is 28.7 Å². The standard InChI is InChI=1S/C57H93N3O10/c1-33(2)21-35(22-34(3)4)45(61)68-42-40(67-47(63)37-26-52(9,10)58-53(11,12)27-37)23-41(66-46(62)36-24-50(5,6)32-51(7,8)25-36)43(69-48(64)38-28-54(13,14)59-55(15,16)29-38)44(42)70-49(65)39-30-56(17,18)60-57(19,20)31-39/h23,33-39,58-60H,21-22,24-32H2,1-20H3. The van der Waals surface area contributed by atoms with Gasteiger partial charge in [0.2, 0.25) is 17.2 Å². The summed E-state index contributed by atoms with van der Waals surface area (Å²) in [6.45, 7) is 41.0. The lowest BCUT2D eigenvalue weighted by molar-refractivity contribution is -0.147. The number of piperidine rings is 3. The van der Waals surface area contributed by atoms with Crippen molar-refractivity contribution >= 4 is 29.8 Å². The zero-order chi connectivity index (χ0) is 53.0. The van der Waals surface area contributed by atoms with Crippen molar-refractivity contribution in [3.63, 3.8) is 0 Å². The summed E-state index contributed by atoms with van der Waals surface area (Å²) in [6.07, 6.45) is 5.46. The fourth-order valence-corrected chi connectivity index (χ4v) is 13.9. The highest BCUT2D eigenvalue weighted by molar-refractivity contribution is 5.88. The van der Waals surface area contributed by atoms with Gasteiger partial charge in [0.15, 0.2) is 11.5 Å². The molecule has 0 amide bonds. The Morgan fingerprint density at radius 1 is 0.429 bits per heavy atom. The summed E-state index contributed by atoms with van der Waals surface area (Å²) in [5.74, 6) is -7.71. The molecule has 3 heterocycles. The summed E-state index contributed by atoms with van der Waals surface area (Å²) in [5.41, 5.74) is -3.10. The maximum atomic E-state index is 15.0. The molecule has 0 atom stereocenters. The van der Waals surface area contributed by atoms with Crippen molar-refractivity contribution in [2.75, 3.05) is 0 Å². The predicted molar refractivity (Wildman–Crippen MR) is 274 cm³/mol. The summed E-state index contributed by atoms with van der Waals surface area (Å²) in [5, 5.41) is 10.9. The van der Waals surface area contributed by atoms with Crippen LogP contribution in [-0.2, 0) is 24.0 Å². The van der Waals surface area contributed by atoms with Crippen molar-refractivity contribution in [1.82, 2.24) is 16.0 Å². The maximum absolute atomic E-state index is 15.0. The van der Waals surface area contributed by atoms with Gasteiger partial charge >= 0.3 is 29.8 Å². The van der Waals surface area contributed by atoms with E-state index in [1.807, 2.05) is 111 Å². The monoisotopic (exact) mass is 980 g/mol. The molecule has 1 aliphatic carbocycles. The van der Waals surface area contributed by atoms with Gasteiger partial charge in [0, 0.05) is 39.3 Å². The minimum Gasteiger partial charge on any atom is -0.422 e. The minimum absolute atomic E-state index is 0.121. The smallest absolute Gasteiger partial charge is 0.314 e. The van der Waals surface area contributed by atoms with Crippen molar-refractivity contribution in [3.8, 4) is 28.7 Å². The molecule has 1 aromatic carbocycles. The third-order valence-electron chi connectivity index (χ3n) is 14.5. The van der Waals surface area contributed by atoms with Crippen LogP contribution in [0.4, 0.5) is 0 Å². The van der Waals surface area contributed by atoms with Crippen LogP contribution in [-0.4, -0.2) is 63.1 Å². The highest BCUT2D eigenvalue weighted by Crippen LogP contribution is 2.54. The van der Waals surface area contributed by atoms with Crippen molar-refractivity contribution in [1.29, 1.82) is 0 Å². The Morgan fingerprint density at radius 3 is 1.01 bits per heavy atom. The lowest BCUT2D eigenvalue weighted by Gasteiger charge is -2.46. The molecule has 0 spiro atoms. The van der Waals surface area contributed by atoms with Gasteiger partial charge in [0.25, 0.3) is 0 Å². The number of nitrogens with one attached hydrogen (secondary N) is 3. The molecular formula is C57H93N3O10. The van der Waals surface area contributed by atoms with E-state index in [4.69, 9.17) is 23.7 Å². The number of ether oxygens (including phenoxy) is 5. The van der Waals surface area contributed by atoms with Crippen molar-refractivity contribution < 1.29 is 47.7 Å². The predicted octanol–water partition coefficient (Wildman–Crippen LogP) is 11.4.